The van der Waals surface area contributed by atoms with Crippen LogP contribution in [0.3, 0.4) is 0 Å². The summed E-state index contributed by atoms with van der Waals surface area (Å²) in [7, 11) is 1.87. The Morgan fingerprint density at radius 1 is 1.04 bits per heavy atom. The zero-order valence-corrected chi connectivity index (χ0v) is 13.1. The lowest BCUT2D eigenvalue weighted by atomic mass is 10.0. The molecule has 2 atom stereocenters. The standard InChI is InChI=1S/C18H19N3O2/c1-19-9-5-8-16(19)18(23)20-10-13-11-21(17(22)15(13)12-20)14-6-3-2-4-7-14/h2-9,13,15H,10-12H2,1H3/t13-,15-/m0/s1. The van der Waals surface area contributed by atoms with Crippen LogP contribution in [0.4, 0.5) is 5.69 Å². The van der Waals surface area contributed by atoms with Crippen molar-refractivity contribution in [3.63, 3.8) is 0 Å². The van der Waals surface area contributed by atoms with Gasteiger partial charge in [0, 0.05) is 44.5 Å². The van der Waals surface area contributed by atoms with Crippen LogP contribution in [0.1, 0.15) is 10.5 Å². The van der Waals surface area contributed by atoms with E-state index in [0.717, 1.165) is 5.69 Å². The second kappa shape index (κ2) is 5.26. The largest absolute Gasteiger partial charge is 0.347 e. The molecule has 5 heteroatoms. The fourth-order valence-electron chi connectivity index (χ4n) is 3.71. The van der Waals surface area contributed by atoms with Crippen molar-refractivity contribution in [2.75, 3.05) is 24.5 Å². The van der Waals surface area contributed by atoms with Crippen molar-refractivity contribution in [2.24, 2.45) is 18.9 Å². The van der Waals surface area contributed by atoms with Gasteiger partial charge in [-0.2, -0.15) is 0 Å². The van der Waals surface area contributed by atoms with Gasteiger partial charge in [-0.15, -0.1) is 0 Å². The first-order chi connectivity index (χ1) is 11.1. The third-order valence-corrected chi connectivity index (χ3v) is 4.96. The SMILES string of the molecule is Cn1cccc1C(=O)N1C[C@H]2CN(c3ccccc3)C(=O)[C@H]2C1. The van der Waals surface area contributed by atoms with E-state index in [-0.39, 0.29) is 23.7 Å². The van der Waals surface area contributed by atoms with Crippen molar-refractivity contribution < 1.29 is 9.59 Å². The van der Waals surface area contributed by atoms with Crippen LogP contribution in [0.15, 0.2) is 48.7 Å². The van der Waals surface area contributed by atoms with Gasteiger partial charge in [0.15, 0.2) is 0 Å². The van der Waals surface area contributed by atoms with E-state index in [1.807, 2.05) is 70.1 Å². The highest BCUT2D eigenvalue weighted by atomic mass is 16.2. The number of hydrogen-bond donors (Lipinski definition) is 0. The van der Waals surface area contributed by atoms with Crippen LogP contribution in [0.25, 0.3) is 0 Å². The topological polar surface area (TPSA) is 45.6 Å². The number of carbonyl (C=O) groups excluding carboxylic acids is 2. The van der Waals surface area contributed by atoms with Crippen LogP contribution < -0.4 is 4.90 Å². The van der Waals surface area contributed by atoms with E-state index in [9.17, 15) is 9.59 Å². The first-order valence-corrected chi connectivity index (χ1v) is 7.92. The van der Waals surface area contributed by atoms with Gasteiger partial charge in [-0.1, -0.05) is 18.2 Å². The number of para-hydroxylation sites is 1. The summed E-state index contributed by atoms with van der Waals surface area (Å²) < 4.78 is 1.83. The molecule has 2 amide bonds. The molecule has 2 aliphatic heterocycles. The molecule has 1 aromatic heterocycles. The molecule has 0 aliphatic carbocycles. The maximum Gasteiger partial charge on any atom is 0.270 e. The summed E-state index contributed by atoms with van der Waals surface area (Å²) in [4.78, 5) is 29.0. The maximum absolute atomic E-state index is 12.7. The number of carbonyl (C=O) groups is 2. The Labute approximate surface area is 135 Å². The Bertz CT molecular complexity index is 753. The predicted molar refractivity (Wildman–Crippen MR) is 87.1 cm³/mol. The Hall–Kier alpha value is -2.56. The van der Waals surface area contributed by atoms with Crippen LogP contribution in [0.5, 0.6) is 0 Å². The van der Waals surface area contributed by atoms with Gasteiger partial charge in [-0.3, -0.25) is 9.59 Å². The fourth-order valence-corrected chi connectivity index (χ4v) is 3.71. The number of fused-ring (bicyclic) bond motifs is 1. The summed E-state index contributed by atoms with van der Waals surface area (Å²) in [6.07, 6.45) is 1.87. The molecular weight excluding hydrogens is 290 g/mol. The van der Waals surface area contributed by atoms with E-state index < -0.39 is 0 Å². The van der Waals surface area contributed by atoms with Gasteiger partial charge >= 0.3 is 0 Å². The molecule has 118 valence electrons. The molecule has 5 nitrogen and oxygen atoms in total. The molecule has 2 fully saturated rings. The monoisotopic (exact) mass is 309 g/mol. The number of benzene rings is 1. The number of aromatic nitrogens is 1. The molecule has 2 aromatic rings. The average Bonchev–Trinajstić information content (AvgIpc) is 3.24. The number of nitrogens with zero attached hydrogens (tertiary/aromatic N) is 3. The van der Waals surface area contributed by atoms with E-state index >= 15 is 0 Å². The van der Waals surface area contributed by atoms with Crippen molar-refractivity contribution in [2.45, 2.75) is 0 Å². The van der Waals surface area contributed by atoms with Gasteiger partial charge in [-0.25, -0.2) is 0 Å². The second-order valence-corrected chi connectivity index (χ2v) is 6.37. The van der Waals surface area contributed by atoms with E-state index in [0.29, 0.717) is 25.3 Å². The lowest BCUT2D eigenvalue weighted by Gasteiger charge is -2.22. The van der Waals surface area contributed by atoms with Crippen molar-refractivity contribution in [1.29, 1.82) is 0 Å². The minimum atomic E-state index is -0.0700. The smallest absolute Gasteiger partial charge is 0.270 e. The zero-order valence-electron chi connectivity index (χ0n) is 13.1. The molecule has 1 aromatic carbocycles. The highest BCUT2D eigenvalue weighted by Gasteiger charge is 2.48. The minimum absolute atomic E-state index is 0.0194. The Morgan fingerprint density at radius 2 is 1.83 bits per heavy atom. The molecule has 0 bridgehead atoms. The number of aryl methyl sites for hydroxylation is 1. The maximum atomic E-state index is 12.7. The fraction of sp³-hybridized carbons (Fsp3) is 0.333. The van der Waals surface area contributed by atoms with Crippen molar-refractivity contribution in [3.8, 4) is 0 Å². The number of amides is 2. The molecule has 3 heterocycles. The molecule has 23 heavy (non-hydrogen) atoms. The third-order valence-electron chi connectivity index (χ3n) is 4.96. The summed E-state index contributed by atoms with van der Waals surface area (Å²) in [5, 5.41) is 0. The van der Waals surface area contributed by atoms with E-state index in [1.54, 1.807) is 0 Å². The molecule has 0 spiro atoms. The van der Waals surface area contributed by atoms with E-state index in [1.165, 1.54) is 0 Å². The lowest BCUT2D eigenvalue weighted by molar-refractivity contribution is -0.120. The van der Waals surface area contributed by atoms with E-state index in [2.05, 4.69) is 0 Å². The quantitative estimate of drug-likeness (QED) is 0.848. The lowest BCUT2D eigenvalue weighted by Crippen LogP contribution is -2.36. The Kier molecular flexibility index (Phi) is 3.22. The van der Waals surface area contributed by atoms with Crippen LogP contribution >= 0.6 is 0 Å². The molecule has 0 radical (unpaired) electrons. The average molecular weight is 309 g/mol. The summed E-state index contributed by atoms with van der Waals surface area (Å²) in [6.45, 7) is 1.88. The number of likely N-dealkylation sites (tertiary alicyclic amines) is 1. The predicted octanol–water partition coefficient (Wildman–Crippen LogP) is 1.76. The zero-order chi connectivity index (χ0) is 16.0. The second-order valence-electron chi connectivity index (χ2n) is 6.37. The molecular formula is C18H19N3O2. The van der Waals surface area contributed by atoms with Gasteiger partial charge < -0.3 is 14.4 Å². The van der Waals surface area contributed by atoms with Gasteiger partial charge in [0.05, 0.1) is 5.92 Å². The van der Waals surface area contributed by atoms with E-state index in [4.69, 9.17) is 0 Å². The highest BCUT2D eigenvalue weighted by Crippen LogP contribution is 2.35. The molecule has 0 N–H and O–H groups in total. The highest BCUT2D eigenvalue weighted by molar-refractivity contribution is 5.99. The molecule has 0 unspecified atom stereocenters. The van der Waals surface area contributed by atoms with Crippen molar-refractivity contribution in [1.82, 2.24) is 9.47 Å². The van der Waals surface area contributed by atoms with Crippen LogP contribution in [0, 0.1) is 11.8 Å². The van der Waals surface area contributed by atoms with Gasteiger partial charge in [0.2, 0.25) is 5.91 Å². The Morgan fingerprint density at radius 3 is 2.48 bits per heavy atom. The third kappa shape index (κ3) is 2.23. The number of hydrogen-bond acceptors (Lipinski definition) is 2. The molecule has 4 rings (SSSR count). The van der Waals surface area contributed by atoms with Gasteiger partial charge in [0.1, 0.15) is 5.69 Å². The Balaban J connectivity index is 1.50. The van der Waals surface area contributed by atoms with Crippen molar-refractivity contribution in [3.05, 3.63) is 54.4 Å². The first kappa shape index (κ1) is 14.1. The molecule has 0 saturated carbocycles. The summed E-state index contributed by atoms with van der Waals surface area (Å²) >= 11 is 0. The van der Waals surface area contributed by atoms with Crippen LogP contribution in [-0.4, -0.2) is 40.9 Å². The summed E-state index contributed by atoms with van der Waals surface area (Å²) in [5.74, 6) is 0.320. The van der Waals surface area contributed by atoms with Crippen LogP contribution in [0.2, 0.25) is 0 Å². The molecule has 2 aliphatic rings. The normalized spacial score (nSPS) is 23.4. The number of rotatable bonds is 2. The number of anilines is 1. The minimum Gasteiger partial charge on any atom is -0.347 e. The first-order valence-electron chi connectivity index (χ1n) is 7.92. The summed E-state index contributed by atoms with van der Waals surface area (Å²) in [6, 6.07) is 13.5. The van der Waals surface area contributed by atoms with Gasteiger partial charge in [-0.05, 0) is 24.3 Å². The van der Waals surface area contributed by atoms with Crippen molar-refractivity contribution >= 4 is 17.5 Å². The van der Waals surface area contributed by atoms with Crippen LogP contribution in [-0.2, 0) is 11.8 Å². The summed E-state index contributed by atoms with van der Waals surface area (Å²) in [5.41, 5.74) is 1.63. The van der Waals surface area contributed by atoms with Gasteiger partial charge in [0.25, 0.3) is 5.91 Å². The molecule has 2 saturated heterocycles.